The Morgan fingerprint density at radius 1 is 0.617 bits per heavy atom. The highest BCUT2D eigenvalue weighted by molar-refractivity contribution is 5.94. The topological polar surface area (TPSA) is 167 Å². The van der Waals surface area contributed by atoms with E-state index in [1.807, 2.05) is 6.92 Å². The molecule has 0 amide bonds. The fourth-order valence-corrected chi connectivity index (χ4v) is 17.1. The molecule has 11 heteroatoms. The normalized spacial score (nSPS) is 45.1. The molecule has 11 nitrogen and oxygen atoms in total. The van der Waals surface area contributed by atoms with Gasteiger partial charge in [0.2, 0.25) is 0 Å². The fourth-order valence-electron chi connectivity index (χ4n) is 17.1. The predicted molar refractivity (Wildman–Crippen MR) is 227 cm³/mol. The molecule has 0 heterocycles. The molecule has 1 aromatic rings. The monoisotopic (exact) mass is 831 g/mol. The Morgan fingerprint density at radius 2 is 1.10 bits per heavy atom. The van der Waals surface area contributed by atoms with Crippen molar-refractivity contribution in [3.63, 3.8) is 0 Å². The molecule has 16 atom stereocenters. The van der Waals surface area contributed by atoms with Crippen LogP contribution in [0.2, 0.25) is 0 Å². The summed E-state index contributed by atoms with van der Waals surface area (Å²) in [4.78, 5) is 58.4. The van der Waals surface area contributed by atoms with Gasteiger partial charge >= 0.3 is 5.97 Å². The number of aliphatic hydroxyl groups is 1. The van der Waals surface area contributed by atoms with Crippen LogP contribution in [0.1, 0.15) is 167 Å². The second-order valence-electron chi connectivity index (χ2n) is 22.3. The van der Waals surface area contributed by atoms with Gasteiger partial charge in [0.05, 0.1) is 22.0 Å². The van der Waals surface area contributed by atoms with E-state index in [0.29, 0.717) is 53.0 Å². The summed E-state index contributed by atoms with van der Waals surface area (Å²) >= 11 is 0. The van der Waals surface area contributed by atoms with E-state index in [2.05, 4.69) is 27.7 Å². The number of rotatable bonds is 6. The van der Waals surface area contributed by atoms with Crippen LogP contribution >= 0.6 is 0 Å². The van der Waals surface area contributed by atoms with Crippen LogP contribution in [0.4, 0.5) is 11.4 Å². The molecule has 8 fully saturated rings. The number of esters is 1. The average Bonchev–Trinajstić information content (AvgIpc) is 3.75. The Labute approximate surface area is 356 Å². The first-order valence-corrected chi connectivity index (χ1v) is 23.6. The highest BCUT2D eigenvalue weighted by Crippen LogP contribution is 2.69. The number of nitro benzene ring substituents is 2. The Morgan fingerprint density at radius 3 is 1.60 bits per heavy atom. The number of hydrogen-bond acceptors (Lipinski definition) is 9. The number of aliphatic hydroxyl groups excluding tert-OH is 1. The summed E-state index contributed by atoms with van der Waals surface area (Å²) in [6.07, 6.45) is 19.6. The summed E-state index contributed by atoms with van der Waals surface area (Å²) in [5.74, 6) is 6.00. The fraction of sp³-hybridized carbons (Fsp3) is 0.816. The molecule has 0 aromatic heterocycles. The number of nitrogens with zero attached hydrogens (tertiary/aromatic N) is 2. The quantitative estimate of drug-likeness (QED) is 0.167. The van der Waals surface area contributed by atoms with Gasteiger partial charge < -0.3 is 9.84 Å². The maximum Gasteiger partial charge on any atom is 0.345 e. The van der Waals surface area contributed by atoms with Gasteiger partial charge in [-0.25, -0.2) is 4.79 Å². The van der Waals surface area contributed by atoms with E-state index in [-0.39, 0.29) is 39.9 Å². The van der Waals surface area contributed by atoms with Crippen molar-refractivity contribution in [2.45, 2.75) is 169 Å². The van der Waals surface area contributed by atoms with E-state index in [1.165, 1.54) is 38.5 Å². The van der Waals surface area contributed by atoms with Crippen LogP contribution in [0.3, 0.4) is 0 Å². The molecule has 0 spiro atoms. The third kappa shape index (κ3) is 7.07. The van der Waals surface area contributed by atoms with Crippen LogP contribution in [0.15, 0.2) is 18.2 Å². The molecule has 6 unspecified atom stereocenters. The highest BCUT2D eigenvalue weighted by atomic mass is 16.6. The van der Waals surface area contributed by atoms with Crippen molar-refractivity contribution in [2.75, 3.05) is 0 Å². The Hall–Kier alpha value is -3.21. The highest BCUT2D eigenvalue weighted by Gasteiger charge is 2.62. The SMILES string of the molecule is CC(=O)[C@H]1CCC2C3CC[C@H]4C[C@@H](O)CC[C@]4(C)C3CC[C@@]21C.CC(=O)[C@H]1CCC2C3CC[C@H]4C[C@H](OC(=O)c5ccc([N+](=O)[O-])cc5[N+](=O)[O-])CC[C@]4(C)C3CC[C@@]21C. The van der Waals surface area contributed by atoms with Crippen LogP contribution in [-0.2, 0) is 14.3 Å². The molecule has 330 valence electrons. The number of benzene rings is 1. The number of nitro groups is 2. The second kappa shape index (κ2) is 15.9. The van der Waals surface area contributed by atoms with Crippen LogP contribution < -0.4 is 0 Å². The molecule has 0 saturated heterocycles. The van der Waals surface area contributed by atoms with Gasteiger partial charge in [-0.1, -0.05) is 27.7 Å². The minimum Gasteiger partial charge on any atom is -0.459 e. The third-order valence-corrected chi connectivity index (χ3v) is 20.1. The molecule has 0 radical (unpaired) electrons. The van der Waals surface area contributed by atoms with Crippen LogP contribution in [0.5, 0.6) is 0 Å². The number of ketones is 2. The first kappa shape index (κ1) is 43.4. The first-order chi connectivity index (χ1) is 28.3. The number of hydrogen-bond donors (Lipinski definition) is 1. The van der Waals surface area contributed by atoms with Gasteiger partial charge in [0, 0.05) is 17.9 Å². The van der Waals surface area contributed by atoms with Crippen molar-refractivity contribution in [1.82, 2.24) is 0 Å². The minimum absolute atomic E-state index is 0.0490. The molecule has 8 saturated carbocycles. The van der Waals surface area contributed by atoms with Crippen molar-refractivity contribution >= 4 is 28.9 Å². The lowest BCUT2D eigenvalue weighted by atomic mass is 9.44. The van der Waals surface area contributed by atoms with E-state index in [1.54, 1.807) is 6.92 Å². The molecular formula is C49H70N2O9. The molecule has 1 aromatic carbocycles. The van der Waals surface area contributed by atoms with Crippen molar-refractivity contribution in [1.29, 1.82) is 0 Å². The van der Waals surface area contributed by atoms with Crippen molar-refractivity contribution < 1.29 is 34.1 Å². The Bertz CT molecular complexity index is 1900. The lowest BCUT2D eigenvalue weighted by Gasteiger charge is -2.61. The Kier molecular flexibility index (Phi) is 11.5. The van der Waals surface area contributed by atoms with Crippen molar-refractivity contribution in [2.24, 2.45) is 80.8 Å². The maximum absolute atomic E-state index is 12.9. The first-order valence-electron chi connectivity index (χ1n) is 23.6. The number of fused-ring (bicyclic) bond motifs is 10. The lowest BCUT2D eigenvalue weighted by Crippen LogP contribution is -2.54. The molecule has 8 aliphatic rings. The van der Waals surface area contributed by atoms with E-state index in [0.717, 1.165) is 112 Å². The van der Waals surface area contributed by atoms with Gasteiger partial charge in [0.25, 0.3) is 11.4 Å². The summed E-state index contributed by atoms with van der Waals surface area (Å²) in [5.41, 5.74) is -0.258. The van der Waals surface area contributed by atoms with Gasteiger partial charge in [0.1, 0.15) is 23.2 Å². The largest absolute Gasteiger partial charge is 0.459 e. The lowest BCUT2D eigenvalue weighted by molar-refractivity contribution is -0.394. The van der Waals surface area contributed by atoms with Crippen LogP contribution in [0, 0.1) is 101 Å². The number of ether oxygens (including phenoxy) is 1. The molecule has 9 rings (SSSR count). The summed E-state index contributed by atoms with van der Waals surface area (Å²) in [6.45, 7) is 13.3. The number of carbonyl (C=O) groups is 3. The van der Waals surface area contributed by atoms with E-state index in [4.69, 9.17) is 4.74 Å². The van der Waals surface area contributed by atoms with Gasteiger partial charge in [-0.2, -0.15) is 0 Å². The van der Waals surface area contributed by atoms with E-state index in [9.17, 15) is 39.7 Å². The summed E-state index contributed by atoms with van der Waals surface area (Å²) in [5, 5.41) is 32.6. The van der Waals surface area contributed by atoms with Crippen molar-refractivity contribution in [3.8, 4) is 0 Å². The summed E-state index contributed by atoms with van der Waals surface area (Å²) in [7, 11) is 0. The van der Waals surface area contributed by atoms with Gasteiger partial charge in [-0.3, -0.25) is 29.8 Å². The van der Waals surface area contributed by atoms with Crippen molar-refractivity contribution in [3.05, 3.63) is 44.0 Å². The number of carbonyl (C=O) groups excluding carboxylic acids is 3. The predicted octanol–water partition coefficient (Wildman–Crippen LogP) is 10.9. The van der Waals surface area contributed by atoms with Crippen LogP contribution in [-0.4, -0.2) is 44.7 Å². The zero-order chi connectivity index (χ0) is 43.1. The molecule has 1 N–H and O–H groups in total. The molecule has 60 heavy (non-hydrogen) atoms. The molecular weight excluding hydrogens is 761 g/mol. The summed E-state index contributed by atoms with van der Waals surface area (Å²) < 4.78 is 5.77. The minimum atomic E-state index is -0.793. The van der Waals surface area contributed by atoms with Gasteiger partial charge in [-0.15, -0.1) is 0 Å². The third-order valence-electron chi connectivity index (χ3n) is 20.1. The van der Waals surface area contributed by atoms with E-state index >= 15 is 0 Å². The molecule has 0 bridgehead atoms. The average molecular weight is 831 g/mol. The number of Topliss-reactive ketones (excluding diaryl/α,β-unsaturated/α-hetero) is 2. The van der Waals surface area contributed by atoms with E-state index < -0.39 is 27.2 Å². The smallest absolute Gasteiger partial charge is 0.345 e. The zero-order valence-electron chi connectivity index (χ0n) is 37.0. The second-order valence-corrected chi connectivity index (χ2v) is 22.3. The Balaban J connectivity index is 0.000000185. The molecule has 8 aliphatic carbocycles. The van der Waals surface area contributed by atoms with Gasteiger partial charge in [-0.05, 0) is 204 Å². The number of non-ortho nitro benzene ring substituents is 1. The molecule has 0 aliphatic heterocycles. The standard InChI is InChI=1S/C28H36N2O7.C21H34O2/c1-16(31)22-8-9-23-20-6-4-17-14-19(10-12-27(17,2)24(20)11-13-28(22,23)3)37-26(32)21-7-5-18(29(33)34)15-25(21)30(35)36;1-13(22)17-6-7-18-16-5-4-14-12-15(23)8-10-20(14,2)19(16)9-11-21(17,18)3/h5,7,15,17,19-20,22-24H,4,6,8-14H2,1-3H3;14-19,23H,4-12H2,1-3H3/t17-,19+,20?,22+,23?,24?,27-,28+;14-,15-,16?,17+,18?,19?,20-,21+/m00/s1. The zero-order valence-corrected chi connectivity index (χ0v) is 37.0. The summed E-state index contributed by atoms with van der Waals surface area (Å²) in [6, 6.07) is 3.03. The maximum atomic E-state index is 12.9. The van der Waals surface area contributed by atoms with Gasteiger partial charge in [0.15, 0.2) is 0 Å². The van der Waals surface area contributed by atoms with Crippen LogP contribution in [0.25, 0.3) is 0 Å².